The third-order valence-electron chi connectivity index (χ3n) is 2.70. The minimum absolute atomic E-state index is 0.456. The molecule has 0 fully saturated rings. The van der Waals surface area contributed by atoms with Gasteiger partial charge in [0.25, 0.3) is 0 Å². The summed E-state index contributed by atoms with van der Waals surface area (Å²) in [5, 5.41) is 2.95. The summed E-state index contributed by atoms with van der Waals surface area (Å²) < 4.78 is 5.85. The molecule has 0 saturated heterocycles. The minimum atomic E-state index is 0.456. The zero-order chi connectivity index (χ0) is 13.0. The fourth-order valence-corrected chi connectivity index (χ4v) is 2.46. The van der Waals surface area contributed by atoms with Gasteiger partial charge in [-0.1, -0.05) is 32.0 Å². The molecule has 0 radical (unpaired) electrons. The smallest absolute Gasteiger partial charge is 0.140 e. The highest BCUT2D eigenvalue weighted by molar-refractivity contribution is 7.09. The molecule has 18 heavy (non-hydrogen) atoms. The fraction of sp³-hybridized carbons (Fsp3) is 0.357. The van der Waals surface area contributed by atoms with Crippen molar-refractivity contribution in [3.63, 3.8) is 0 Å². The van der Waals surface area contributed by atoms with Crippen LogP contribution in [0.25, 0.3) is 0 Å². The van der Waals surface area contributed by atoms with Crippen LogP contribution in [0.2, 0.25) is 0 Å². The third kappa shape index (κ3) is 3.09. The first-order valence-electron chi connectivity index (χ1n) is 6.05. The molecule has 0 atom stereocenters. The van der Waals surface area contributed by atoms with E-state index in [-0.39, 0.29) is 0 Å². The zero-order valence-electron chi connectivity index (χ0n) is 10.7. The summed E-state index contributed by atoms with van der Waals surface area (Å²) >= 11 is 1.59. The van der Waals surface area contributed by atoms with E-state index in [2.05, 4.69) is 24.9 Å². The van der Waals surface area contributed by atoms with Gasteiger partial charge in [-0.2, -0.15) is 0 Å². The lowest BCUT2D eigenvalue weighted by Gasteiger charge is -2.12. The van der Waals surface area contributed by atoms with E-state index in [4.69, 9.17) is 10.5 Å². The largest absolute Gasteiger partial charge is 0.486 e. The molecule has 0 aliphatic carbocycles. The van der Waals surface area contributed by atoms with Gasteiger partial charge in [0.15, 0.2) is 0 Å². The molecule has 0 bridgehead atoms. The van der Waals surface area contributed by atoms with Crippen LogP contribution in [0.3, 0.4) is 0 Å². The zero-order valence-corrected chi connectivity index (χ0v) is 11.5. The number of para-hydroxylation sites is 1. The monoisotopic (exact) mass is 262 g/mol. The summed E-state index contributed by atoms with van der Waals surface area (Å²) in [4.78, 5) is 4.39. The van der Waals surface area contributed by atoms with Gasteiger partial charge in [0.1, 0.15) is 17.4 Å². The van der Waals surface area contributed by atoms with Crippen molar-refractivity contribution in [2.75, 3.05) is 0 Å². The molecular formula is C14H18N2OS. The molecule has 1 aromatic carbocycles. The first-order valence-corrected chi connectivity index (χ1v) is 6.93. The van der Waals surface area contributed by atoms with E-state index in [1.165, 1.54) is 5.56 Å². The van der Waals surface area contributed by atoms with Crippen molar-refractivity contribution in [2.45, 2.75) is 32.9 Å². The number of benzene rings is 1. The highest BCUT2D eigenvalue weighted by Gasteiger charge is 2.08. The highest BCUT2D eigenvalue weighted by atomic mass is 32.1. The summed E-state index contributed by atoms with van der Waals surface area (Å²) in [6.07, 6.45) is 0. The average molecular weight is 262 g/mol. The lowest BCUT2D eigenvalue weighted by Crippen LogP contribution is -2.01. The van der Waals surface area contributed by atoms with Crippen molar-refractivity contribution in [3.05, 3.63) is 45.9 Å². The van der Waals surface area contributed by atoms with Gasteiger partial charge in [0.2, 0.25) is 0 Å². The van der Waals surface area contributed by atoms with E-state index in [1.54, 1.807) is 11.3 Å². The van der Waals surface area contributed by atoms with E-state index in [9.17, 15) is 0 Å². The fourth-order valence-electron chi connectivity index (χ4n) is 1.74. The molecule has 4 heteroatoms. The number of aromatic nitrogens is 1. The molecule has 1 heterocycles. The minimum Gasteiger partial charge on any atom is -0.486 e. The second kappa shape index (κ2) is 5.98. The van der Waals surface area contributed by atoms with Crippen molar-refractivity contribution in [1.82, 2.24) is 4.98 Å². The van der Waals surface area contributed by atoms with E-state index < -0.39 is 0 Å². The average Bonchev–Trinajstić information content (AvgIpc) is 2.84. The molecule has 0 unspecified atom stereocenters. The van der Waals surface area contributed by atoms with Gasteiger partial charge >= 0.3 is 0 Å². The summed E-state index contributed by atoms with van der Waals surface area (Å²) in [5.74, 6) is 1.40. The molecule has 0 saturated carbocycles. The van der Waals surface area contributed by atoms with Crippen molar-refractivity contribution in [2.24, 2.45) is 5.73 Å². The predicted molar refractivity (Wildman–Crippen MR) is 74.9 cm³/mol. The first kappa shape index (κ1) is 13.1. The molecule has 1 aromatic heterocycles. The molecule has 96 valence electrons. The van der Waals surface area contributed by atoms with Gasteiger partial charge in [0.05, 0.1) is 5.69 Å². The summed E-state index contributed by atoms with van der Waals surface area (Å²) in [6.45, 7) is 5.32. The Labute approximate surface area is 112 Å². The normalized spacial score (nSPS) is 10.9. The number of ether oxygens (including phenoxy) is 1. The molecule has 0 aliphatic rings. The Bertz CT molecular complexity index is 508. The van der Waals surface area contributed by atoms with Gasteiger partial charge in [-0.15, -0.1) is 11.3 Å². The Hall–Kier alpha value is -1.39. The van der Waals surface area contributed by atoms with Gasteiger partial charge in [0, 0.05) is 11.9 Å². The van der Waals surface area contributed by atoms with Gasteiger partial charge in [-0.3, -0.25) is 0 Å². The van der Waals surface area contributed by atoms with Crippen LogP contribution in [0.4, 0.5) is 0 Å². The van der Waals surface area contributed by atoms with Crippen LogP contribution in [-0.2, 0) is 13.2 Å². The van der Waals surface area contributed by atoms with Crippen molar-refractivity contribution in [3.8, 4) is 5.75 Å². The van der Waals surface area contributed by atoms with Crippen LogP contribution < -0.4 is 10.5 Å². The number of thiazole rings is 1. The topological polar surface area (TPSA) is 48.1 Å². The maximum absolute atomic E-state index is 5.85. The SMILES string of the molecule is CC(C)c1ccccc1OCc1nc(CN)cs1. The van der Waals surface area contributed by atoms with Gasteiger partial charge in [-0.25, -0.2) is 4.98 Å². The lowest BCUT2D eigenvalue weighted by molar-refractivity contribution is 0.301. The first-order chi connectivity index (χ1) is 8.70. The van der Waals surface area contributed by atoms with Crippen LogP contribution >= 0.6 is 11.3 Å². The van der Waals surface area contributed by atoms with Gasteiger partial charge in [-0.05, 0) is 17.5 Å². The Morgan fingerprint density at radius 1 is 1.33 bits per heavy atom. The van der Waals surface area contributed by atoms with Crippen LogP contribution in [0.15, 0.2) is 29.6 Å². The number of nitrogens with zero attached hydrogens (tertiary/aromatic N) is 1. The van der Waals surface area contributed by atoms with Gasteiger partial charge < -0.3 is 10.5 Å². The third-order valence-corrected chi connectivity index (χ3v) is 3.57. The lowest BCUT2D eigenvalue weighted by atomic mass is 10.0. The second-order valence-corrected chi connectivity index (χ2v) is 5.36. The van der Waals surface area contributed by atoms with Crippen molar-refractivity contribution >= 4 is 11.3 Å². The summed E-state index contributed by atoms with van der Waals surface area (Å²) in [6, 6.07) is 8.15. The highest BCUT2D eigenvalue weighted by Crippen LogP contribution is 2.26. The quantitative estimate of drug-likeness (QED) is 0.899. The number of hydrogen-bond acceptors (Lipinski definition) is 4. The molecule has 3 nitrogen and oxygen atoms in total. The standard InChI is InChI=1S/C14H18N2OS/c1-10(2)12-5-3-4-6-13(12)17-8-14-16-11(7-15)9-18-14/h3-6,9-10H,7-8,15H2,1-2H3. The molecule has 0 amide bonds. The van der Waals surface area contributed by atoms with E-state index in [0.717, 1.165) is 16.5 Å². The molecule has 2 aromatic rings. The van der Waals surface area contributed by atoms with E-state index in [0.29, 0.717) is 19.1 Å². The van der Waals surface area contributed by atoms with Crippen LogP contribution in [0, 0.1) is 0 Å². The van der Waals surface area contributed by atoms with E-state index >= 15 is 0 Å². The summed E-state index contributed by atoms with van der Waals surface area (Å²) in [5.41, 5.74) is 7.69. The predicted octanol–water partition coefficient (Wildman–Crippen LogP) is 3.30. The molecule has 2 rings (SSSR count). The Kier molecular flexibility index (Phi) is 4.33. The van der Waals surface area contributed by atoms with Crippen molar-refractivity contribution < 1.29 is 4.74 Å². The number of hydrogen-bond donors (Lipinski definition) is 1. The maximum Gasteiger partial charge on any atom is 0.140 e. The van der Waals surface area contributed by atoms with Crippen LogP contribution in [0.5, 0.6) is 5.75 Å². The Balaban J connectivity index is 2.05. The molecular weight excluding hydrogens is 244 g/mol. The van der Waals surface area contributed by atoms with Crippen LogP contribution in [0.1, 0.15) is 36.0 Å². The molecule has 0 aliphatic heterocycles. The maximum atomic E-state index is 5.85. The molecule has 0 spiro atoms. The van der Waals surface area contributed by atoms with Crippen molar-refractivity contribution in [1.29, 1.82) is 0 Å². The number of nitrogens with two attached hydrogens (primary N) is 1. The van der Waals surface area contributed by atoms with E-state index in [1.807, 2.05) is 23.6 Å². The van der Waals surface area contributed by atoms with Crippen LogP contribution in [-0.4, -0.2) is 4.98 Å². The second-order valence-electron chi connectivity index (χ2n) is 4.42. The Morgan fingerprint density at radius 3 is 2.78 bits per heavy atom. The number of rotatable bonds is 5. The summed E-state index contributed by atoms with van der Waals surface area (Å²) in [7, 11) is 0. The Morgan fingerprint density at radius 2 is 2.11 bits per heavy atom. The molecule has 2 N–H and O–H groups in total.